The minimum atomic E-state index is -0.344. The van der Waals surface area contributed by atoms with Gasteiger partial charge in [-0.1, -0.05) is 23.5 Å². The molecule has 0 aliphatic heterocycles. The number of nitrogens with zero attached hydrogens (tertiary/aromatic N) is 3. The number of likely N-dealkylation sites (N-methyl/N-ethyl adjacent to an activating group) is 1. The van der Waals surface area contributed by atoms with Gasteiger partial charge in [0.05, 0.1) is 18.9 Å². The quantitative estimate of drug-likeness (QED) is 0.648. The third-order valence-corrected chi connectivity index (χ3v) is 6.16. The molecule has 0 unspecified atom stereocenters. The van der Waals surface area contributed by atoms with Gasteiger partial charge in [0.25, 0.3) is 11.8 Å². The van der Waals surface area contributed by atoms with E-state index in [-0.39, 0.29) is 18.4 Å². The van der Waals surface area contributed by atoms with Gasteiger partial charge in [0.15, 0.2) is 4.80 Å². The van der Waals surface area contributed by atoms with Gasteiger partial charge < -0.3 is 9.47 Å². The highest BCUT2D eigenvalue weighted by Crippen LogP contribution is 2.23. The number of rotatable bonds is 3. The van der Waals surface area contributed by atoms with Gasteiger partial charge in [-0.15, -0.1) is 11.3 Å². The topological polar surface area (TPSA) is 54.7 Å². The number of carbonyl (C=O) groups excluding carboxylic acids is 2. The molecule has 3 aromatic rings. The number of hydrogen-bond acceptors (Lipinski definition) is 4. The SMILES string of the molecule is CN(CC(=O)N=c1sc2ccccc2n1C)C(=O)c1ccc(Br)s1. The summed E-state index contributed by atoms with van der Waals surface area (Å²) in [6.45, 7) is -0.0530. The first-order chi connectivity index (χ1) is 11.5. The summed E-state index contributed by atoms with van der Waals surface area (Å²) in [6.07, 6.45) is 0. The molecule has 0 radical (unpaired) electrons. The molecule has 0 spiro atoms. The third-order valence-electron chi connectivity index (χ3n) is 3.44. The van der Waals surface area contributed by atoms with Crippen LogP contribution in [-0.4, -0.2) is 34.9 Å². The predicted molar refractivity (Wildman–Crippen MR) is 100 cm³/mol. The van der Waals surface area contributed by atoms with Crippen molar-refractivity contribution in [3.05, 3.63) is 49.9 Å². The van der Waals surface area contributed by atoms with Crippen LogP contribution >= 0.6 is 38.6 Å². The van der Waals surface area contributed by atoms with Crippen molar-refractivity contribution in [2.75, 3.05) is 13.6 Å². The number of thiazole rings is 1. The van der Waals surface area contributed by atoms with Crippen molar-refractivity contribution in [2.45, 2.75) is 0 Å². The number of aromatic nitrogens is 1. The van der Waals surface area contributed by atoms with Crippen molar-refractivity contribution >= 4 is 60.6 Å². The fourth-order valence-electron chi connectivity index (χ4n) is 2.22. The maximum absolute atomic E-state index is 12.3. The van der Waals surface area contributed by atoms with Gasteiger partial charge in [-0.25, -0.2) is 0 Å². The molecule has 0 bridgehead atoms. The minimum absolute atomic E-state index is 0.0530. The van der Waals surface area contributed by atoms with E-state index in [0.717, 1.165) is 14.0 Å². The van der Waals surface area contributed by atoms with Gasteiger partial charge in [0.1, 0.15) is 6.54 Å². The molecule has 2 aromatic heterocycles. The first kappa shape index (κ1) is 17.1. The van der Waals surface area contributed by atoms with Crippen LogP contribution in [0.25, 0.3) is 10.2 Å². The van der Waals surface area contributed by atoms with E-state index in [4.69, 9.17) is 0 Å². The van der Waals surface area contributed by atoms with E-state index in [1.54, 1.807) is 13.1 Å². The zero-order chi connectivity index (χ0) is 17.3. The minimum Gasteiger partial charge on any atom is -0.332 e. The van der Waals surface area contributed by atoms with E-state index in [1.807, 2.05) is 41.9 Å². The number of aryl methyl sites for hydroxylation is 1. The molecular formula is C16H14BrN3O2S2. The number of thiophene rings is 1. The van der Waals surface area contributed by atoms with Crippen LogP contribution in [0.3, 0.4) is 0 Å². The van der Waals surface area contributed by atoms with Crippen LogP contribution < -0.4 is 4.80 Å². The van der Waals surface area contributed by atoms with Gasteiger partial charge in [-0.05, 0) is 40.2 Å². The molecule has 8 heteroatoms. The summed E-state index contributed by atoms with van der Waals surface area (Å²) in [4.78, 5) is 31.3. The molecule has 3 rings (SSSR count). The summed E-state index contributed by atoms with van der Waals surface area (Å²) >= 11 is 6.13. The summed E-state index contributed by atoms with van der Waals surface area (Å²) in [5.74, 6) is -0.529. The lowest BCUT2D eigenvalue weighted by molar-refractivity contribution is -0.118. The lowest BCUT2D eigenvalue weighted by Gasteiger charge is -2.13. The van der Waals surface area contributed by atoms with Crippen LogP contribution in [0, 0.1) is 0 Å². The van der Waals surface area contributed by atoms with Gasteiger partial charge in [-0.3, -0.25) is 9.59 Å². The van der Waals surface area contributed by atoms with Gasteiger partial charge >= 0.3 is 0 Å². The second kappa shape index (κ2) is 7.00. The molecule has 0 saturated carbocycles. The second-order valence-corrected chi connectivity index (χ2v) is 8.65. The number of benzene rings is 1. The van der Waals surface area contributed by atoms with E-state index in [0.29, 0.717) is 9.68 Å². The first-order valence-electron chi connectivity index (χ1n) is 7.08. The van der Waals surface area contributed by atoms with Crippen molar-refractivity contribution in [2.24, 2.45) is 12.0 Å². The molecule has 5 nitrogen and oxygen atoms in total. The fourth-order valence-corrected chi connectivity index (χ4v) is 4.64. The molecular weight excluding hydrogens is 410 g/mol. The number of halogens is 1. The Balaban J connectivity index is 1.79. The van der Waals surface area contributed by atoms with E-state index < -0.39 is 0 Å². The summed E-state index contributed by atoms with van der Waals surface area (Å²) < 4.78 is 3.84. The zero-order valence-electron chi connectivity index (χ0n) is 13.0. The Kier molecular flexibility index (Phi) is 4.98. The predicted octanol–water partition coefficient (Wildman–Crippen LogP) is 3.26. The van der Waals surface area contributed by atoms with Crippen molar-refractivity contribution < 1.29 is 9.59 Å². The van der Waals surface area contributed by atoms with Crippen LogP contribution in [0.4, 0.5) is 0 Å². The van der Waals surface area contributed by atoms with Crippen LogP contribution in [0.5, 0.6) is 0 Å². The van der Waals surface area contributed by atoms with Crippen LogP contribution in [0.1, 0.15) is 9.67 Å². The smallest absolute Gasteiger partial charge is 0.267 e. The largest absolute Gasteiger partial charge is 0.332 e. The van der Waals surface area contributed by atoms with Gasteiger partial charge in [-0.2, -0.15) is 4.99 Å². The van der Waals surface area contributed by atoms with Gasteiger partial charge in [0.2, 0.25) is 0 Å². The van der Waals surface area contributed by atoms with Crippen molar-refractivity contribution in [1.29, 1.82) is 0 Å². The molecule has 2 heterocycles. The molecule has 124 valence electrons. The molecule has 0 aliphatic rings. The summed E-state index contributed by atoms with van der Waals surface area (Å²) in [6, 6.07) is 11.4. The number of amides is 2. The van der Waals surface area contributed by atoms with E-state index in [9.17, 15) is 9.59 Å². The van der Waals surface area contributed by atoms with E-state index in [2.05, 4.69) is 20.9 Å². The Morgan fingerprint density at radius 2 is 1.96 bits per heavy atom. The monoisotopic (exact) mass is 423 g/mol. The molecule has 0 aliphatic carbocycles. The van der Waals surface area contributed by atoms with Crippen LogP contribution in [0.2, 0.25) is 0 Å². The Hall–Kier alpha value is -1.77. The van der Waals surface area contributed by atoms with E-state index in [1.165, 1.54) is 27.6 Å². The Morgan fingerprint density at radius 1 is 1.21 bits per heavy atom. The number of para-hydroxylation sites is 1. The number of fused-ring (bicyclic) bond motifs is 1. The Morgan fingerprint density at radius 3 is 2.62 bits per heavy atom. The van der Waals surface area contributed by atoms with Crippen molar-refractivity contribution in [1.82, 2.24) is 9.47 Å². The summed E-state index contributed by atoms with van der Waals surface area (Å²) in [5.41, 5.74) is 1.03. The molecule has 0 fully saturated rings. The summed E-state index contributed by atoms with van der Waals surface area (Å²) in [7, 11) is 3.48. The molecule has 0 saturated heterocycles. The number of hydrogen-bond donors (Lipinski definition) is 0. The molecule has 0 N–H and O–H groups in total. The molecule has 0 atom stereocenters. The lowest BCUT2D eigenvalue weighted by Crippen LogP contribution is -2.31. The Labute approximate surface area is 155 Å². The highest BCUT2D eigenvalue weighted by Gasteiger charge is 2.16. The van der Waals surface area contributed by atoms with E-state index >= 15 is 0 Å². The third kappa shape index (κ3) is 3.50. The maximum Gasteiger partial charge on any atom is 0.267 e. The first-order valence-corrected chi connectivity index (χ1v) is 9.51. The Bertz CT molecular complexity index is 987. The average molecular weight is 424 g/mol. The van der Waals surface area contributed by atoms with Crippen molar-refractivity contribution in [3.8, 4) is 0 Å². The van der Waals surface area contributed by atoms with Crippen LogP contribution in [0.15, 0.2) is 45.2 Å². The second-order valence-electron chi connectivity index (χ2n) is 5.18. The zero-order valence-corrected chi connectivity index (χ0v) is 16.2. The van der Waals surface area contributed by atoms with Crippen molar-refractivity contribution in [3.63, 3.8) is 0 Å². The molecule has 24 heavy (non-hydrogen) atoms. The molecule has 2 amide bonds. The standard InChI is InChI=1S/C16H14BrN3O2S2/c1-19(15(22)12-7-8-13(17)23-12)9-14(21)18-16-20(2)10-5-3-4-6-11(10)24-16/h3-8H,9H2,1-2H3. The highest BCUT2D eigenvalue weighted by atomic mass is 79.9. The fraction of sp³-hybridized carbons (Fsp3) is 0.188. The molecule has 1 aromatic carbocycles. The van der Waals surface area contributed by atoms with Crippen LogP contribution in [-0.2, 0) is 11.8 Å². The normalized spacial score (nSPS) is 11.9. The van der Waals surface area contributed by atoms with Gasteiger partial charge in [0, 0.05) is 14.1 Å². The number of carbonyl (C=O) groups is 2. The average Bonchev–Trinajstić information content (AvgIpc) is 3.11. The highest BCUT2D eigenvalue weighted by molar-refractivity contribution is 9.11. The summed E-state index contributed by atoms with van der Waals surface area (Å²) in [5, 5.41) is 0. The lowest BCUT2D eigenvalue weighted by atomic mass is 10.3. The maximum atomic E-state index is 12.3.